The Bertz CT molecular complexity index is 1080. The fourth-order valence-electron chi connectivity index (χ4n) is 2.77. The third kappa shape index (κ3) is 6.44. The molecule has 0 unspecified atom stereocenters. The second kappa shape index (κ2) is 11.0. The lowest BCUT2D eigenvalue weighted by Gasteiger charge is -2.15. The van der Waals surface area contributed by atoms with Gasteiger partial charge in [-0.15, -0.1) is 0 Å². The molecular formula is C22H29N3O6S. The number of aryl methyl sites for hydroxylation is 1. The molecular weight excluding hydrogens is 434 g/mol. The minimum Gasteiger partial charge on any atom is -0.493 e. The highest BCUT2D eigenvalue weighted by Gasteiger charge is 2.17. The molecule has 2 aromatic rings. The lowest BCUT2D eigenvalue weighted by Crippen LogP contribution is -2.27. The molecule has 2 aromatic carbocycles. The summed E-state index contributed by atoms with van der Waals surface area (Å²) in [7, 11) is 1.10. The van der Waals surface area contributed by atoms with Gasteiger partial charge in [0.1, 0.15) is 0 Å². The normalized spacial score (nSPS) is 11.0. The average Bonchev–Trinajstić information content (AvgIpc) is 2.75. The third-order valence-corrected chi connectivity index (χ3v) is 6.17. The number of hydrogen-bond acceptors (Lipinski definition) is 6. The maximum atomic E-state index is 12.7. The average molecular weight is 464 g/mol. The summed E-state index contributed by atoms with van der Waals surface area (Å²) >= 11 is 0. The monoisotopic (exact) mass is 463 g/mol. The van der Waals surface area contributed by atoms with E-state index >= 15 is 0 Å². The molecule has 9 nitrogen and oxygen atoms in total. The minimum atomic E-state index is -3.67. The zero-order valence-electron chi connectivity index (χ0n) is 18.9. The molecule has 0 aliphatic heterocycles. The smallest absolute Gasteiger partial charge is 0.259 e. The van der Waals surface area contributed by atoms with Gasteiger partial charge in [-0.3, -0.25) is 9.59 Å². The van der Waals surface area contributed by atoms with E-state index < -0.39 is 15.9 Å². The van der Waals surface area contributed by atoms with Crippen molar-refractivity contribution in [3.05, 3.63) is 53.1 Å². The van der Waals surface area contributed by atoms with Crippen molar-refractivity contribution < 1.29 is 27.5 Å². The zero-order chi connectivity index (χ0) is 23.9. The van der Waals surface area contributed by atoms with Crippen LogP contribution in [0.4, 0.5) is 0 Å². The second-order valence-corrected chi connectivity index (χ2v) is 8.99. The van der Waals surface area contributed by atoms with Crippen LogP contribution in [0.3, 0.4) is 0 Å². The first-order valence-electron chi connectivity index (χ1n) is 9.97. The number of sulfonamides is 1. The molecule has 0 radical (unpaired) electrons. The van der Waals surface area contributed by atoms with E-state index in [4.69, 9.17) is 9.47 Å². The number of nitrogens with zero attached hydrogens (tertiary/aromatic N) is 1. The van der Waals surface area contributed by atoms with Crippen molar-refractivity contribution >= 4 is 21.8 Å². The van der Waals surface area contributed by atoms with E-state index in [0.29, 0.717) is 17.1 Å². The maximum absolute atomic E-state index is 12.7. The van der Waals surface area contributed by atoms with Gasteiger partial charge in [-0.25, -0.2) is 13.1 Å². The Morgan fingerprint density at radius 2 is 1.78 bits per heavy atom. The van der Waals surface area contributed by atoms with E-state index in [1.807, 2.05) is 0 Å². The predicted octanol–water partition coefficient (Wildman–Crippen LogP) is 1.70. The van der Waals surface area contributed by atoms with Crippen LogP contribution in [0.2, 0.25) is 0 Å². The van der Waals surface area contributed by atoms with E-state index in [2.05, 4.69) is 10.0 Å². The molecule has 0 aliphatic rings. The van der Waals surface area contributed by atoms with E-state index in [9.17, 15) is 18.0 Å². The number of amides is 2. The summed E-state index contributed by atoms with van der Waals surface area (Å²) in [5, 5.41) is 2.79. The van der Waals surface area contributed by atoms with E-state index in [-0.39, 0.29) is 36.1 Å². The van der Waals surface area contributed by atoms with Crippen LogP contribution in [0.15, 0.2) is 41.3 Å². The van der Waals surface area contributed by atoms with Crippen molar-refractivity contribution in [2.75, 3.05) is 34.4 Å². The van der Waals surface area contributed by atoms with E-state index in [0.717, 1.165) is 5.56 Å². The molecule has 0 saturated carbocycles. The minimum absolute atomic E-state index is 0.0329. The molecule has 32 heavy (non-hydrogen) atoms. The highest BCUT2D eigenvalue weighted by molar-refractivity contribution is 7.89. The first-order chi connectivity index (χ1) is 15.1. The highest BCUT2D eigenvalue weighted by Crippen LogP contribution is 2.28. The summed E-state index contributed by atoms with van der Waals surface area (Å²) in [6.45, 7) is 3.75. The van der Waals surface area contributed by atoms with Crippen molar-refractivity contribution in [1.29, 1.82) is 0 Å². The van der Waals surface area contributed by atoms with Gasteiger partial charge >= 0.3 is 0 Å². The van der Waals surface area contributed by atoms with Crippen LogP contribution < -0.4 is 19.5 Å². The van der Waals surface area contributed by atoms with Crippen LogP contribution in [0.25, 0.3) is 0 Å². The molecule has 0 fully saturated rings. The van der Waals surface area contributed by atoms with Gasteiger partial charge in [-0.1, -0.05) is 19.1 Å². The summed E-state index contributed by atoms with van der Waals surface area (Å²) < 4.78 is 37.7. The zero-order valence-corrected chi connectivity index (χ0v) is 19.7. The van der Waals surface area contributed by atoms with E-state index in [1.165, 1.54) is 24.1 Å². The Labute approximate surface area is 188 Å². The maximum Gasteiger partial charge on any atom is 0.259 e. The Morgan fingerprint density at radius 3 is 2.41 bits per heavy atom. The second-order valence-electron chi connectivity index (χ2n) is 7.22. The van der Waals surface area contributed by atoms with Crippen LogP contribution in [-0.4, -0.2) is 59.5 Å². The van der Waals surface area contributed by atoms with Crippen LogP contribution in [0.1, 0.15) is 28.4 Å². The highest BCUT2D eigenvalue weighted by atomic mass is 32.2. The van der Waals surface area contributed by atoms with Crippen LogP contribution in [0, 0.1) is 6.92 Å². The van der Waals surface area contributed by atoms with Gasteiger partial charge in [0.05, 0.1) is 12.0 Å². The number of carbonyl (C=O) groups excluding carboxylic acids is 2. The predicted molar refractivity (Wildman–Crippen MR) is 120 cm³/mol. The van der Waals surface area contributed by atoms with Crippen LogP contribution in [0.5, 0.6) is 11.5 Å². The van der Waals surface area contributed by atoms with Gasteiger partial charge in [0, 0.05) is 32.7 Å². The quantitative estimate of drug-likeness (QED) is 0.554. The third-order valence-electron chi connectivity index (χ3n) is 4.63. The fourth-order valence-corrected chi connectivity index (χ4v) is 3.84. The Morgan fingerprint density at radius 1 is 1.06 bits per heavy atom. The molecule has 2 amide bonds. The first-order valence-corrected chi connectivity index (χ1v) is 11.5. The van der Waals surface area contributed by atoms with Crippen molar-refractivity contribution in [1.82, 2.24) is 14.9 Å². The van der Waals surface area contributed by atoms with E-state index in [1.54, 1.807) is 52.2 Å². The molecule has 0 heterocycles. The van der Waals surface area contributed by atoms with Crippen LogP contribution in [-0.2, 0) is 21.4 Å². The number of methoxy groups -OCH3 is 1. The molecule has 2 rings (SSSR count). The molecule has 174 valence electrons. The number of nitrogens with one attached hydrogen (secondary N) is 2. The van der Waals surface area contributed by atoms with Gasteiger partial charge in [0.2, 0.25) is 10.0 Å². The number of rotatable bonds is 10. The number of carbonyl (C=O) groups is 2. The lowest BCUT2D eigenvalue weighted by atomic mass is 10.1. The van der Waals surface area contributed by atoms with Gasteiger partial charge in [0.25, 0.3) is 11.8 Å². The van der Waals surface area contributed by atoms with Gasteiger partial charge in [0.15, 0.2) is 18.1 Å². The summed E-state index contributed by atoms with van der Waals surface area (Å²) in [5.41, 5.74) is 1.68. The molecule has 0 atom stereocenters. The van der Waals surface area contributed by atoms with Crippen molar-refractivity contribution in [3.8, 4) is 11.5 Å². The summed E-state index contributed by atoms with van der Waals surface area (Å²) in [6, 6.07) is 9.55. The number of likely N-dealkylation sites (N-methyl/N-ethyl adjacent to an activating group) is 1. The molecule has 0 aliphatic carbocycles. The lowest BCUT2D eigenvalue weighted by molar-refractivity contribution is -0.130. The molecule has 0 saturated heterocycles. The summed E-state index contributed by atoms with van der Waals surface area (Å²) in [6.07, 6.45) is 0. The topological polar surface area (TPSA) is 114 Å². The molecule has 0 spiro atoms. The molecule has 0 bridgehead atoms. The fraction of sp³-hybridized carbons (Fsp3) is 0.364. The van der Waals surface area contributed by atoms with Crippen molar-refractivity contribution in [2.45, 2.75) is 25.3 Å². The van der Waals surface area contributed by atoms with Crippen molar-refractivity contribution in [3.63, 3.8) is 0 Å². The largest absolute Gasteiger partial charge is 0.493 e. The Kier molecular flexibility index (Phi) is 8.62. The SMILES string of the molecule is CCNS(=O)(=O)c1ccc(C)c(C(=O)NCc2ccc(OCC(=O)N(C)C)c(OC)c2)c1. The Balaban J connectivity index is 2.12. The summed E-state index contributed by atoms with van der Waals surface area (Å²) in [4.78, 5) is 25.9. The molecule has 0 aromatic heterocycles. The van der Waals surface area contributed by atoms with Crippen LogP contribution >= 0.6 is 0 Å². The number of ether oxygens (including phenoxy) is 2. The van der Waals surface area contributed by atoms with Crippen molar-refractivity contribution in [2.24, 2.45) is 0 Å². The summed E-state index contributed by atoms with van der Waals surface area (Å²) in [5.74, 6) is 0.261. The first kappa shape index (κ1) is 25.2. The number of benzene rings is 2. The van der Waals surface area contributed by atoms with Gasteiger partial charge in [-0.05, 0) is 42.3 Å². The molecule has 10 heteroatoms. The van der Waals surface area contributed by atoms with Gasteiger partial charge < -0.3 is 19.7 Å². The molecule has 2 N–H and O–H groups in total. The standard InChI is InChI=1S/C22H29N3O6S/c1-6-24-32(28,29)17-9-7-15(2)18(12-17)22(27)23-13-16-8-10-19(20(11-16)30-5)31-14-21(26)25(3)4/h7-12,24H,6,13-14H2,1-5H3,(H,23,27). The number of hydrogen-bond donors (Lipinski definition) is 2. The van der Waals surface area contributed by atoms with Gasteiger partial charge in [-0.2, -0.15) is 0 Å². The Hall–Kier alpha value is -3.11.